The average molecular weight is 384 g/mol. The van der Waals surface area contributed by atoms with E-state index in [-0.39, 0.29) is 22.4 Å². The third-order valence-electron chi connectivity index (χ3n) is 3.61. The number of hydrogen-bond acceptors (Lipinski definition) is 5. The van der Waals surface area contributed by atoms with Crippen molar-refractivity contribution in [2.75, 3.05) is 6.61 Å². The highest BCUT2D eigenvalue weighted by atomic mass is 32.2. The van der Waals surface area contributed by atoms with Gasteiger partial charge in [-0.3, -0.25) is 9.19 Å². The van der Waals surface area contributed by atoms with Crippen LogP contribution in [0.1, 0.15) is 11.3 Å². The predicted octanol–water partition coefficient (Wildman–Crippen LogP) is 3.33. The minimum atomic E-state index is -4.47. The van der Waals surface area contributed by atoms with E-state index in [1.807, 2.05) is 0 Å². The maximum Gasteiger partial charge on any atom is 0.422 e. The largest absolute Gasteiger partial charge is 0.804 e. The number of alkyl halides is 3. The smallest absolute Gasteiger partial charge is 0.422 e. The molecular weight excluding hydrogens is 371 g/mol. The lowest BCUT2D eigenvalue weighted by atomic mass is 10.2. The second-order valence-corrected chi connectivity index (χ2v) is 6.80. The molecule has 2 heterocycles. The van der Waals surface area contributed by atoms with Crippen molar-refractivity contribution >= 4 is 21.8 Å². The molecule has 0 aliphatic carbocycles. The summed E-state index contributed by atoms with van der Waals surface area (Å²) in [6.45, 7) is 0.0855. The van der Waals surface area contributed by atoms with Gasteiger partial charge in [0.25, 0.3) is 0 Å². The topological polar surface area (TPSA) is 80.1 Å². The molecule has 0 spiro atoms. The van der Waals surface area contributed by atoms with Gasteiger partial charge in [-0.1, -0.05) is 12.1 Å². The van der Waals surface area contributed by atoms with Gasteiger partial charge in [-0.05, 0) is 25.1 Å². The Morgan fingerprint density at radius 1 is 1.27 bits per heavy atom. The Morgan fingerprint density at radius 3 is 2.69 bits per heavy atom. The van der Waals surface area contributed by atoms with Gasteiger partial charge in [0.05, 0.1) is 33.3 Å². The first-order chi connectivity index (χ1) is 12.3. The number of rotatable bonds is 5. The Hall–Kier alpha value is -2.62. The van der Waals surface area contributed by atoms with Crippen molar-refractivity contribution in [3.63, 3.8) is 0 Å². The molecular formula is C16H13F3N3O3S-. The molecule has 10 heteroatoms. The third-order valence-corrected chi connectivity index (χ3v) is 4.81. The number of ether oxygens (including phenoxy) is 1. The second-order valence-electron chi connectivity index (χ2n) is 5.45. The van der Waals surface area contributed by atoms with Crippen LogP contribution in [0.15, 0.2) is 41.7 Å². The molecule has 1 atom stereocenters. The molecule has 138 valence electrons. The number of fused-ring (bicyclic) bond motifs is 1. The van der Waals surface area contributed by atoms with Crippen molar-refractivity contribution in [1.29, 1.82) is 0 Å². The van der Waals surface area contributed by atoms with E-state index < -0.39 is 23.6 Å². The van der Waals surface area contributed by atoms with Crippen molar-refractivity contribution in [3.8, 4) is 5.75 Å². The van der Waals surface area contributed by atoms with Gasteiger partial charge in [0.1, 0.15) is 5.75 Å². The number of nitrogens with zero attached hydrogens (tertiary/aromatic N) is 3. The van der Waals surface area contributed by atoms with Gasteiger partial charge in [-0.2, -0.15) is 13.2 Å². The molecule has 0 saturated carbocycles. The van der Waals surface area contributed by atoms with Crippen LogP contribution < -0.4 is 4.74 Å². The molecule has 1 unspecified atom stereocenters. The summed E-state index contributed by atoms with van der Waals surface area (Å²) in [5, 5.41) is 12.0. The second kappa shape index (κ2) is 6.94. The van der Waals surface area contributed by atoms with Gasteiger partial charge >= 0.3 is 6.18 Å². The number of hydrogen-bond donors (Lipinski definition) is 0. The summed E-state index contributed by atoms with van der Waals surface area (Å²) in [7, 11) is -1.82. The lowest BCUT2D eigenvalue weighted by Crippen LogP contribution is -2.20. The number of aromatic nitrogens is 3. The summed E-state index contributed by atoms with van der Waals surface area (Å²) < 4.78 is 54.7. The predicted molar refractivity (Wildman–Crippen MR) is 89.1 cm³/mol. The van der Waals surface area contributed by atoms with Crippen molar-refractivity contribution in [3.05, 3.63) is 53.0 Å². The van der Waals surface area contributed by atoms with Gasteiger partial charge in [-0.25, -0.2) is 4.98 Å². The van der Waals surface area contributed by atoms with E-state index in [1.54, 1.807) is 24.3 Å². The highest BCUT2D eigenvalue weighted by Gasteiger charge is 2.29. The molecule has 0 aliphatic heterocycles. The zero-order chi connectivity index (χ0) is 18.9. The molecule has 3 rings (SSSR count). The Labute approximate surface area is 148 Å². The maximum absolute atomic E-state index is 12.6. The van der Waals surface area contributed by atoms with Crippen LogP contribution in [0.3, 0.4) is 0 Å². The Balaban J connectivity index is 1.84. The lowest BCUT2D eigenvalue weighted by Gasteiger charge is -2.14. The first-order valence-corrected chi connectivity index (χ1v) is 8.75. The van der Waals surface area contributed by atoms with Gasteiger partial charge < -0.3 is 14.7 Å². The third kappa shape index (κ3) is 3.79. The standard InChI is InChI=1S/C16H13F3N3O3S/c1-10-12(20-7-6-14(10)25-9-16(17,18)19)8-26(24)15-21-11-4-2-3-5-13(11)22(15)23/h2-7H,8-9H2,1H3/q-1. The Bertz CT molecular complexity index is 972. The zero-order valence-corrected chi connectivity index (χ0v) is 14.3. The van der Waals surface area contributed by atoms with Gasteiger partial charge in [0.2, 0.25) is 0 Å². The van der Waals surface area contributed by atoms with Crippen molar-refractivity contribution < 1.29 is 22.1 Å². The van der Waals surface area contributed by atoms with Crippen LogP contribution >= 0.6 is 0 Å². The lowest BCUT2D eigenvalue weighted by molar-refractivity contribution is -0.153. The van der Waals surface area contributed by atoms with E-state index in [0.717, 1.165) is 0 Å². The van der Waals surface area contributed by atoms with Crippen LogP contribution in [0.2, 0.25) is 0 Å². The summed E-state index contributed by atoms with van der Waals surface area (Å²) in [6.07, 6.45) is -3.20. The minimum Gasteiger partial charge on any atom is -0.804 e. The monoisotopic (exact) mass is 384 g/mol. The van der Waals surface area contributed by atoms with E-state index in [4.69, 9.17) is 4.74 Å². The quantitative estimate of drug-likeness (QED) is 0.674. The van der Waals surface area contributed by atoms with Crippen molar-refractivity contribution in [2.45, 2.75) is 24.0 Å². The van der Waals surface area contributed by atoms with Gasteiger partial charge in [-0.15, -0.1) is 0 Å². The zero-order valence-electron chi connectivity index (χ0n) is 13.5. The Morgan fingerprint density at radius 2 is 2.00 bits per heavy atom. The summed E-state index contributed by atoms with van der Waals surface area (Å²) in [5.74, 6) is -0.166. The molecule has 0 saturated heterocycles. The fourth-order valence-corrected chi connectivity index (χ4v) is 3.49. The molecule has 0 radical (unpaired) electrons. The summed E-state index contributed by atoms with van der Waals surface area (Å²) in [6, 6.07) is 7.86. The molecule has 6 nitrogen and oxygen atoms in total. The van der Waals surface area contributed by atoms with Crippen LogP contribution in [0, 0.1) is 12.1 Å². The molecule has 3 aromatic rings. The molecule has 0 aliphatic rings. The normalized spacial score (nSPS) is 13.1. The first-order valence-electron chi connectivity index (χ1n) is 7.43. The highest BCUT2D eigenvalue weighted by Crippen LogP contribution is 2.25. The first kappa shape index (κ1) is 18.2. The number of pyridine rings is 1. The van der Waals surface area contributed by atoms with E-state index in [9.17, 15) is 22.6 Å². The average Bonchev–Trinajstić information content (AvgIpc) is 2.92. The van der Waals surface area contributed by atoms with Gasteiger partial charge in [0, 0.05) is 11.8 Å². The van der Waals surface area contributed by atoms with Crippen LogP contribution in [0.4, 0.5) is 13.2 Å². The molecule has 0 amide bonds. The molecule has 2 aromatic heterocycles. The van der Waals surface area contributed by atoms with Crippen LogP contribution in [0.25, 0.3) is 11.0 Å². The highest BCUT2D eigenvalue weighted by molar-refractivity contribution is 7.84. The molecule has 1 aromatic carbocycles. The van der Waals surface area contributed by atoms with E-state index in [2.05, 4.69) is 9.97 Å². The number of para-hydroxylation sites is 2. The molecule has 0 fully saturated rings. The fourth-order valence-electron chi connectivity index (χ4n) is 2.33. The van der Waals surface area contributed by atoms with Crippen LogP contribution in [-0.2, 0) is 16.6 Å². The van der Waals surface area contributed by atoms with Gasteiger partial charge in [0.15, 0.2) is 11.8 Å². The Kier molecular flexibility index (Phi) is 4.86. The van der Waals surface area contributed by atoms with Crippen LogP contribution in [0.5, 0.6) is 5.75 Å². The number of benzene rings is 1. The SMILES string of the molecule is Cc1c(OCC(F)(F)F)ccnc1CS(=O)c1nc2ccccc2n1[O-]. The minimum absolute atomic E-state index is 0.0000450. The number of imidazole rings is 1. The van der Waals surface area contributed by atoms with E-state index in [1.165, 1.54) is 19.2 Å². The molecule has 0 N–H and O–H groups in total. The van der Waals surface area contributed by atoms with E-state index >= 15 is 0 Å². The van der Waals surface area contributed by atoms with Crippen LogP contribution in [-0.4, -0.2) is 31.7 Å². The summed E-state index contributed by atoms with van der Waals surface area (Å²) in [5.41, 5.74) is 1.31. The molecule has 26 heavy (non-hydrogen) atoms. The summed E-state index contributed by atoms with van der Waals surface area (Å²) >= 11 is 0. The van der Waals surface area contributed by atoms with Crippen molar-refractivity contribution in [2.24, 2.45) is 0 Å². The number of halogens is 3. The molecule has 0 bridgehead atoms. The van der Waals surface area contributed by atoms with Crippen molar-refractivity contribution in [1.82, 2.24) is 14.7 Å². The maximum atomic E-state index is 12.6. The fraction of sp³-hybridized carbons (Fsp3) is 0.250. The summed E-state index contributed by atoms with van der Waals surface area (Å²) in [4.78, 5) is 8.11. The van der Waals surface area contributed by atoms with E-state index in [0.29, 0.717) is 21.3 Å².